The van der Waals surface area contributed by atoms with Crippen LogP contribution in [-0.2, 0) is 0 Å². The van der Waals surface area contributed by atoms with Crippen molar-refractivity contribution >= 4 is 27.3 Å². The van der Waals surface area contributed by atoms with Gasteiger partial charge in [-0.3, -0.25) is 0 Å². The molecule has 68 valence electrons. The first-order chi connectivity index (χ1) is 6.24. The van der Waals surface area contributed by atoms with E-state index in [2.05, 4.69) is 26.2 Å². The smallest absolute Gasteiger partial charge is 0.165 e. The van der Waals surface area contributed by atoms with Gasteiger partial charge in [-0.2, -0.15) is 0 Å². The molecule has 0 aliphatic rings. The van der Waals surface area contributed by atoms with Crippen LogP contribution in [0.5, 0.6) is 0 Å². The molecular formula is C8H7BrFN3. The van der Waals surface area contributed by atoms with Crippen molar-refractivity contribution in [2.24, 2.45) is 0 Å². The molecule has 2 rings (SSSR count). The van der Waals surface area contributed by atoms with Gasteiger partial charge in [0, 0.05) is 13.2 Å². The summed E-state index contributed by atoms with van der Waals surface area (Å²) in [6, 6.07) is 1.64. The maximum absolute atomic E-state index is 13.5. The summed E-state index contributed by atoms with van der Waals surface area (Å²) in [6.45, 7) is 0. The molecule has 0 spiro atoms. The molecule has 0 aromatic carbocycles. The third kappa shape index (κ3) is 1.19. The quantitative estimate of drug-likeness (QED) is 0.833. The molecule has 0 bridgehead atoms. The summed E-state index contributed by atoms with van der Waals surface area (Å²) in [7, 11) is 1.71. The second-order valence-electron chi connectivity index (χ2n) is 2.58. The second kappa shape index (κ2) is 2.99. The van der Waals surface area contributed by atoms with Crippen LogP contribution in [0.2, 0.25) is 0 Å². The molecule has 0 atom stereocenters. The fourth-order valence-corrected chi connectivity index (χ4v) is 1.51. The van der Waals surface area contributed by atoms with Crippen LogP contribution in [0.15, 0.2) is 23.1 Å². The average Bonchev–Trinajstić information content (AvgIpc) is 2.55. The first kappa shape index (κ1) is 8.50. The molecule has 3 nitrogen and oxygen atoms in total. The van der Waals surface area contributed by atoms with Crippen LogP contribution in [0.25, 0.3) is 5.52 Å². The molecule has 0 saturated carbocycles. The number of imidazole rings is 1. The van der Waals surface area contributed by atoms with Crippen LogP contribution in [0.4, 0.5) is 10.2 Å². The van der Waals surface area contributed by atoms with E-state index in [0.717, 1.165) is 0 Å². The van der Waals surface area contributed by atoms with Crippen molar-refractivity contribution in [3.8, 4) is 0 Å². The molecule has 0 radical (unpaired) electrons. The number of hydrogen-bond acceptors (Lipinski definition) is 2. The lowest BCUT2D eigenvalue weighted by molar-refractivity contribution is 0.627. The van der Waals surface area contributed by atoms with Crippen LogP contribution in [0, 0.1) is 5.82 Å². The van der Waals surface area contributed by atoms with E-state index in [4.69, 9.17) is 0 Å². The van der Waals surface area contributed by atoms with Crippen molar-refractivity contribution in [3.05, 3.63) is 28.9 Å². The van der Waals surface area contributed by atoms with E-state index in [1.54, 1.807) is 30.0 Å². The first-order valence-electron chi connectivity index (χ1n) is 3.72. The largest absolute Gasteiger partial charge is 0.371 e. The zero-order valence-corrected chi connectivity index (χ0v) is 8.47. The minimum Gasteiger partial charge on any atom is -0.371 e. The van der Waals surface area contributed by atoms with Gasteiger partial charge in [0.2, 0.25) is 0 Å². The number of halogens is 2. The Bertz CT molecular complexity index is 452. The van der Waals surface area contributed by atoms with Gasteiger partial charge in [0.1, 0.15) is 11.8 Å². The van der Waals surface area contributed by atoms with Crippen LogP contribution in [0.1, 0.15) is 0 Å². The van der Waals surface area contributed by atoms with Gasteiger partial charge in [0.05, 0.1) is 4.47 Å². The molecule has 0 fully saturated rings. The lowest BCUT2D eigenvalue weighted by Gasteiger charge is -2.00. The normalized spacial score (nSPS) is 10.7. The van der Waals surface area contributed by atoms with Crippen molar-refractivity contribution in [2.45, 2.75) is 0 Å². The van der Waals surface area contributed by atoms with Gasteiger partial charge in [0.25, 0.3) is 0 Å². The van der Waals surface area contributed by atoms with Crippen molar-refractivity contribution in [1.82, 2.24) is 9.38 Å². The molecule has 5 heteroatoms. The third-order valence-corrected chi connectivity index (χ3v) is 2.44. The van der Waals surface area contributed by atoms with Gasteiger partial charge in [-0.25, -0.2) is 9.37 Å². The van der Waals surface area contributed by atoms with Gasteiger partial charge >= 0.3 is 0 Å². The SMILES string of the molecule is CNc1ncn2ccc(Br)c(F)c12. The maximum atomic E-state index is 13.5. The highest BCUT2D eigenvalue weighted by Gasteiger charge is 2.10. The molecule has 2 aromatic heterocycles. The predicted molar refractivity (Wildman–Crippen MR) is 52.4 cm³/mol. The van der Waals surface area contributed by atoms with E-state index in [1.165, 1.54) is 0 Å². The Labute approximate surface area is 82.7 Å². The van der Waals surface area contributed by atoms with Gasteiger partial charge in [-0.05, 0) is 22.0 Å². The molecular weight excluding hydrogens is 237 g/mol. The zero-order valence-electron chi connectivity index (χ0n) is 6.88. The lowest BCUT2D eigenvalue weighted by atomic mass is 10.4. The minimum absolute atomic E-state index is 0.302. The standard InChI is InChI=1S/C8H7BrFN3/c1-11-8-7-6(10)5(9)2-3-13(7)4-12-8/h2-4,11H,1H3. The molecule has 2 aromatic rings. The Balaban J connectivity index is 2.85. The summed E-state index contributed by atoms with van der Waals surface area (Å²) < 4.78 is 15.6. The number of pyridine rings is 1. The Hall–Kier alpha value is -1.10. The van der Waals surface area contributed by atoms with E-state index in [1.807, 2.05) is 0 Å². The summed E-state index contributed by atoms with van der Waals surface area (Å²) >= 11 is 3.12. The summed E-state index contributed by atoms with van der Waals surface area (Å²) in [5.74, 6) is 0.239. The molecule has 0 amide bonds. The minimum atomic E-state index is -0.302. The van der Waals surface area contributed by atoms with E-state index < -0.39 is 0 Å². The molecule has 0 aliphatic heterocycles. The van der Waals surface area contributed by atoms with Gasteiger partial charge in [-0.15, -0.1) is 0 Å². The summed E-state index contributed by atoms with van der Waals surface area (Å²) in [5, 5.41) is 2.83. The van der Waals surface area contributed by atoms with Crippen molar-refractivity contribution in [3.63, 3.8) is 0 Å². The summed E-state index contributed by atoms with van der Waals surface area (Å²) in [4.78, 5) is 4.01. The topological polar surface area (TPSA) is 29.3 Å². The Morgan fingerprint density at radius 3 is 3.08 bits per heavy atom. The van der Waals surface area contributed by atoms with E-state index in [-0.39, 0.29) is 5.82 Å². The number of hydrogen-bond donors (Lipinski definition) is 1. The molecule has 1 N–H and O–H groups in total. The Morgan fingerprint density at radius 1 is 1.62 bits per heavy atom. The van der Waals surface area contributed by atoms with E-state index in [0.29, 0.717) is 15.8 Å². The highest BCUT2D eigenvalue weighted by Crippen LogP contribution is 2.24. The number of anilines is 1. The highest BCUT2D eigenvalue weighted by atomic mass is 79.9. The Morgan fingerprint density at radius 2 is 2.38 bits per heavy atom. The number of rotatable bonds is 1. The predicted octanol–water partition coefficient (Wildman–Crippen LogP) is 2.28. The van der Waals surface area contributed by atoms with Crippen molar-refractivity contribution < 1.29 is 4.39 Å². The molecule has 13 heavy (non-hydrogen) atoms. The Kier molecular flexibility index (Phi) is 1.95. The van der Waals surface area contributed by atoms with Crippen molar-refractivity contribution in [1.29, 1.82) is 0 Å². The number of aromatic nitrogens is 2. The number of nitrogens with zero attached hydrogens (tertiary/aromatic N) is 2. The highest BCUT2D eigenvalue weighted by molar-refractivity contribution is 9.10. The zero-order chi connectivity index (χ0) is 9.42. The molecule has 0 aliphatic carbocycles. The maximum Gasteiger partial charge on any atom is 0.165 e. The lowest BCUT2D eigenvalue weighted by Crippen LogP contribution is -1.92. The molecule has 0 unspecified atom stereocenters. The van der Waals surface area contributed by atoms with Crippen molar-refractivity contribution in [2.75, 3.05) is 12.4 Å². The second-order valence-corrected chi connectivity index (χ2v) is 3.43. The van der Waals surface area contributed by atoms with Gasteiger partial charge in [-0.1, -0.05) is 0 Å². The van der Waals surface area contributed by atoms with Gasteiger partial charge < -0.3 is 9.72 Å². The monoisotopic (exact) mass is 243 g/mol. The summed E-state index contributed by atoms with van der Waals surface area (Å²) in [5.41, 5.74) is 0.455. The fourth-order valence-electron chi connectivity index (χ4n) is 1.21. The van der Waals surface area contributed by atoms with Crippen LogP contribution in [-0.4, -0.2) is 16.4 Å². The van der Waals surface area contributed by atoms with E-state index >= 15 is 0 Å². The fraction of sp³-hybridized carbons (Fsp3) is 0.125. The number of nitrogens with one attached hydrogen (secondary N) is 1. The molecule has 0 saturated heterocycles. The number of fused-ring (bicyclic) bond motifs is 1. The van der Waals surface area contributed by atoms with Crippen LogP contribution < -0.4 is 5.32 Å². The van der Waals surface area contributed by atoms with Gasteiger partial charge in [0.15, 0.2) is 11.6 Å². The summed E-state index contributed by atoms with van der Waals surface area (Å²) in [6.07, 6.45) is 3.31. The van der Waals surface area contributed by atoms with E-state index in [9.17, 15) is 4.39 Å². The van der Waals surface area contributed by atoms with Crippen LogP contribution in [0.3, 0.4) is 0 Å². The molecule has 2 heterocycles. The van der Waals surface area contributed by atoms with Crippen LogP contribution >= 0.6 is 15.9 Å². The first-order valence-corrected chi connectivity index (χ1v) is 4.51. The third-order valence-electron chi connectivity index (χ3n) is 1.83. The average molecular weight is 244 g/mol.